The van der Waals surface area contributed by atoms with Crippen molar-refractivity contribution in [3.8, 4) is 0 Å². The Kier molecular flexibility index (Phi) is 5.92. The number of carbonyl (C=O) groups excluding carboxylic acids is 2. The number of aromatic nitrogens is 2. The molecule has 0 spiro atoms. The molecule has 0 aliphatic carbocycles. The Morgan fingerprint density at radius 2 is 1.81 bits per heavy atom. The average molecular weight is 498 g/mol. The van der Waals surface area contributed by atoms with Gasteiger partial charge in [0.25, 0.3) is 5.91 Å². The molecule has 1 aliphatic rings. The van der Waals surface area contributed by atoms with Crippen LogP contribution in [0.5, 0.6) is 0 Å². The Balaban J connectivity index is 1.47. The molecule has 6 nitrogen and oxygen atoms in total. The molecule has 0 saturated heterocycles. The highest BCUT2D eigenvalue weighted by Gasteiger charge is 2.46. The molecule has 0 fully saturated rings. The zero-order valence-electron chi connectivity index (χ0n) is 16.4. The molecule has 32 heavy (non-hydrogen) atoms. The SMILES string of the molecule is O=C(C1=C(O)C(=O)N(c2nnc(SCc3ccccc3)s2)C1c1cccs1)c1cccs1. The van der Waals surface area contributed by atoms with Gasteiger partial charge in [-0.2, -0.15) is 0 Å². The van der Waals surface area contributed by atoms with E-state index in [9.17, 15) is 14.7 Å². The molecule has 0 radical (unpaired) electrons. The van der Waals surface area contributed by atoms with Crippen molar-refractivity contribution in [1.82, 2.24) is 10.2 Å². The third-order valence-electron chi connectivity index (χ3n) is 4.82. The van der Waals surface area contributed by atoms with Gasteiger partial charge in [-0.25, -0.2) is 0 Å². The number of hydrogen-bond acceptors (Lipinski definition) is 9. The summed E-state index contributed by atoms with van der Waals surface area (Å²) in [6.45, 7) is 0. The fraction of sp³-hybridized carbons (Fsp3) is 0.0909. The number of aliphatic hydroxyl groups excluding tert-OH is 1. The van der Waals surface area contributed by atoms with E-state index in [0.717, 1.165) is 16.2 Å². The maximum atomic E-state index is 13.2. The molecular formula is C22H15N3O3S4. The third-order valence-corrected chi connectivity index (χ3v) is 8.74. The van der Waals surface area contributed by atoms with Crippen molar-refractivity contribution in [2.24, 2.45) is 0 Å². The summed E-state index contributed by atoms with van der Waals surface area (Å²) >= 11 is 5.49. The molecule has 1 atom stereocenters. The molecule has 1 aliphatic heterocycles. The van der Waals surface area contributed by atoms with E-state index in [4.69, 9.17) is 0 Å². The van der Waals surface area contributed by atoms with Crippen molar-refractivity contribution >= 4 is 62.6 Å². The Hall–Kier alpha value is -2.79. The number of ketones is 1. The summed E-state index contributed by atoms with van der Waals surface area (Å²) in [4.78, 5) is 28.9. The lowest BCUT2D eigenvalue weighted by Crippen LogP contribution is -2.30. The van der Waals surface area contributed by atoms with Crippen LogP contribution >= 0.6 is 45.8 Å². The van der Waals surface area contributed by atoms with Crippen LogP contribution in [-0.2, 0) is 10.5 Å². The van der Waals surface area contributed by atoms with Gasteiger partial charge in [-0.15, -0.1) is 32.9 Å². The highest BCUT2D eigenvalue weighted by atomic mass is 32.2. The van der Waals surface area contributed by atoms with E-state index in [1.165, 1.54) is 50.7 Å². The minimum atomic E-state index is -0.739. The van der Waals surface area contributed by atoms with Crippen LogP contribution in [0, 0.1) is 0 Å². The van der Waals surface area contributed by atoms with Gasteiger partial charge in [0.15, 0.2) is 10.1 Å². The van der Waals surface area contributed by atoms with Crippen LogP contribution in [0.4, 0.5) is 5.13 Å². The number of Topliss-reactive ketones (excluding diaryl/α,β-unsaturated/α-hetero) is 1. The quantitative estimate of drug-likeness (QED) is 0.199. The second-order valence-corrected chi connectivity index (χ2v) is 10.9. The number of hydrogen-bond donors (Lipinski definition) is 1. The van der Waals surface area contributed by atoms with Crippen molar-refractivity contribution in [3.63, 3.8) is 0 Å². The van der Waals surface area contributed by atoms with Crippen LogP contribution in [0.25, 0.3) is 0 Å². The minimum absolute atomic E-state index is 0.0774. The summed E-state index contributed by atoms with van der Waals surface area (Å²) in [5.41, 5.74) is 1.24. The molecule has 1 unspecified atom stereocenters. The van der Waals surface area contributed by atoms with Crippen LogP contribution < -0.4 is 4.90 Å². The van der Waals surface area contributed by atoms with Crippen LogP contribution in [0.15, 0.2) is 81.0 Å². The molecular weight excluding hydrogens is 483 g/mol. The zero-order chi connectivity index (χ0) is 22.1. The Morgan fingerprint density at radius 3 is 2.53 bits per heavy atom. The predicted molar refractivity (Wildman–Crippen MR) is 129 cm³/mol. The first kappa shape index (κ1) is 21.1. The van der Waals surface area contributed by atoms with Crippen molar-refractivity contribution in [2.45, 2.75) is 16.1 Å². The number of nitrogens with zero attached hydrogens (tertiary/aromatic N) is 3. The molecule has 3 aromatic heterocycles. The topological polar surface area (TPSA) is 83.4 Å². The van der Waals surface area contributed by atoms with Crippen molar-refractivity contribution in [2.75, 3.05) is 4.90 Å². The Labute approximate surface area is 199 Å². The number of thioether (sulfide) groups is 1. The first-order valence-electron chi connectivity index (χ1n) is 9.52. The van der Waals surface area contributed by atoms with Crippen LogP contribution in [-0.4, -0.2) is 27.0 Å². The minimum Gasteiger partial charge on any atom is -0.503 e. The maximum absolute atomic E-state index is 13.2. The molecule has 160 valence electrons. The van der Waals surface area contributed by atoms with E-state index in [0.29, 0.717) is 14.3 Å². The highest BCUT2D eigenvalue weighted by Crippen LogP contribution is 2.45. The number of amides is 1. The standard InChI is InChI=1S/C22H15N3O3S4/c26-18(15-9-5-11-30-15)16-17(14-8-4-10-29-14)25(20(28)19(16)27)21-23-24-22(32-21)31-12-13-6-2-1-3-7-13/h1-11,17,27H,12H2. The Morgan fingerprint density at radius 1 is 1.03 bits per heavy atom. The molecule has 0 saturated carbocycles. The predicted octanol–water partition coefficient (Wildman–Crippen LogP) is 5.74. The summed E-state index contributed by atoms with van der Waals surface area (Å²) in [6.07, 6.45) is 0. The number of carbonyl (C=O) groups is 2. The van der Waals surface area contributed by atoms with Gasteiger partial charge in [0.1, 0.15) is 6.04 Å². The van der Waals surface area contributed by atoms with Gasteiger partial charge in [0, 0.05) is 10.6 Å². The van der Waals surface area contributed by atoms with Crippen molar-refractivity contribution in [3.05, 3.63) is 92.0 Å². The summed E-state index contributed by atoms with van der Waals surface area (Å²) in [6, 6.07) is 16.4. The van der Waals surface area contributed by atoms with Gasteiger partial charge < -0.3 is 5.11 Å². The lowest BCUT2D eigenvalue weighted by Gasteiger charge is -2.22. The highest BCUT2D eigenvalue weighted by molar-refractivity contribution is 8.00. The van der Waals surface area contributed by atoms with Crippen molar-refractivity contribution in [1.29, 1.82) is 0 Å². The molecule has 4 heterocycles. The summed E-state index contributed by atoms with van der Waals surface area (Å²) in [7, 11) is 0. The summed E-state index contributed by atoms with van der Waals surface area (Å²) < 4.78 is 0.708. The Bertz CT molecular complexity index is 1280. The molecule has 0 bridgehead atoms. The van der Waals surface area contributed by atoms with Gasteiger partial charge in [-0.3, -0.25) is 14.5 Å². The molecule has 10 heteroatoms. The van der Waals surface area contributed by atoms with Gasteiger partial charge >= 0.3 is 0 Å². The molecule has 1 amide bonds. The second kappa shape index (κ2) is 8.99. The molecule has 4 aromatic rings. The average Bonchev–Trinajstić information content (AvgIpc) is 3.61. The normalized spacial score (nSPS) is 16.2. The summed E-state index contributed by atoms with van der Waals surface area (Å²) in [5, 5.41) is 23.2. The smallest absolute Gasteiger partial charge is 0.296 e. The first-order chi connectivity index (χ1) is 15.6. The molecule has 5 rings (SSSR count). The van der Waals surface area contributed by atoms with E-state index in [-0.39, 0.29) is 11.4 Å². The third kappa shape index (κ3) is 3.90. The molecule has 1 aromatic carbocycles. The number of thiophene rings is 2. The van der Waals surface area contributed by atoms with Crippen LogP contribution in [0.2, 0.25) is 0 Å². The fourth-order valence-corrected chi connectivity index (χ4v) is 6.69. The van der Waals surface area contributed by atoms with Crippen LogP contribution in [0.1, 0.15) is 26.2 Å². The number of rotatable bonds is 7. The molecule has 1 N–H and O–H groups in total. The van der Waals surface area contributed by atoms with Gasteiger partial charge in [-0.1, -0.05) is 65.6 Å². The van der Waals surface area contributed by atoms with E-state index in [1.807, 2.05) is 47.8 Å². The lowest BCUT2D eigenvalue weighted by molar-refractivity contribution is -0.117. The second-order valence-electron chi connectivity index (χ2n) is 6.79. The largest absolute Gasteiger partial charge is 0.503 e. The fourth-order valence-electron chi connectivity index (χ4n) is 3.37. The number of aliphatic hydroxyl groups is 1. The number of anilines is 1. The van der Waals surface area contributed by atoms with Gasteiger partial charge in [0.05, 0.1) is 10.5 Å². The monoisotopic (exact) mass is 497 g/mol. The van der Waals surface area contributed by atoms with E-state index in [2.05, 4.69) is 10.2 Å². The van der Waals surface area contributed by atoms with Gasteiger partial charge in [0.2, 0.25) is 10.9 Å². The number of benzene rings is 1. The van der Waals surface area contributed by atoms with Crippen LogP contribution in [0.3, 0.4) is 0 Å². The first-order valence-corrected chi connectivity index (χ1v) is 13.1. The van der Waals surface area contributed by atoms with E-state index in [1.54, 1.807) is 17.5 Å². The van der Waals surface area contributed by atoms with E-state index >= 15 is 0 Å². The summed E-state index contributed by atoms with van der Waals surface area (Å²) in [5.74, 6) is -0.798. The van der Waals surface area contributed by atoms with Crippen molar-refractivity contribution < 1.29 is 14.7 Å². The lowest BCUT2D eigenvalue weighted by atomic mass is 10.0. The maximum Gasteiger partial charge on any atom is 0.296 e. The van der Waals surface area contributed by atoms with E-state index < -0.39 is 17.7 Å². The zero-order valence-corrected chi connectivity index (χ0v) is 19.6. The van der Waals surface area contributed by atoms with Gasteiger partial charge in [-0.05, 0) is 28.5 Å².